The van der Waals surface area contributed by atoms with E-state index in [-0.39, 0.29) is 0 Å². The highest BCUT2D eigenvalue weighted by Gasteiger charge is 2.22. The molecule has 0 amide bonds. The Kier molecular flexibility index (Phi) is 6.83. The molecule has 1 aromatic rings. The SMILES string of the molecule is CCCNCC(C)(CCC)CCc1cccs1. The fraction of sp³-hybridized carbons (Fsp3) is 0.733. The van der Waals surface area contributed by atoms with Crippen molar-refractivity contribution in [2.45, 2.75) is 52.9 Å². The summed E-state index contributed by atoms with van der Waals surface area (Å²) >= 11 is 1.89. The monoisotopic (exact) mass is 253 g/mol. The molecule has 0 aliphatic rings. The van der Waals surface area contributed by atoms with Gasteiger partial charge in [0.25, 0.3) is 0 Å². The van der Waals surface area contributed by atoms with E-state index in [9.17, 15) is 0 Å². The molecule has 1 atom stereocenters. The van der Waals surface area contributed by atoms with Gasteiger partial charge < -0.3 is 5.32 Å². The fourth-order valence-corrected chi connectivity index (χ4v) is 3.06. The van der Waals surface area contributed by atoms with E-state index in [2.05, 4.69) is 43.6 Å². The predicted molar refractivity (Wildman–Crippen MR) is 78.8 cm³/mol. The third-order valence-corrected chi connectivity index (χ3v) is 4.32. The molecule has 0 spiro atoms. The Hall–Kier alpha value is -0.340. The molecule has 17 heavy (non-hydrogen) atoms. The van der Waals surface area contributed by atoms with Gasteiger partial charge in [-0.1, -0.05) is 33.3 Å². The van der Waals surface area contributed by atoms with Crippen LogP contribution in [0.2, 0.25) is 0 Å². The second-order valence-corrected chi connectivity index (χ2v) is 6.35. The van der Waals surface area contributed by atoms with Crippen LogP contribution in [0.1, 0.15) is 51.3 Å². The van der Waals surface area contributed by atoms with E-state index < -0.39 is 0 Å². The molecular formula is C15H27NS. The van der Waals surface area contributed by atoms with Crippen molar-refractivity contribution in [1.29, 1.82) is 0 Å². The van der Waals surface area contributed by atoms with Gasteiger partial charge in [0, 0.05) is 11.4 Å². The summed E-state index contributed by atoms with van der Waals surface area (Å²) in [5, 5.41) is 5.78. The number of rotatable bonds is 9. The third kappa shape index (κ3) is 5.69. The molecule has 1 nitrogen and oxygen atoms in total. The lowest BCUT2D eigenvalue weighted by atomic mass is 9.81. The zero-order chi connectivity index (χ0) is 12.6. The summed E-state index contributed by atoms with van der Waals surface area (Å²) in [5.41, 5.74) is 0.466. The van der Waals surface area contributed by atoms with Gasteiger partial charge in [0.05, 0.1) is 0 Å². The van der Waals surface area contributed by atoms with Crippen molar-refractivity contribution in [3.05, 3.63) is 22.4 Å². The zero-order valence-corrected chi connectivity index (χ0v) is 12.4. The Morgan fingerprint density at radius 1 is 1.24 bits per heavy atom. The van der Waals surface area contributed by atoms with E-state index in [1.54, 1.807) is 0 Å². The second kappa shape index (κ2) is 7.88. The molecule has 1 N–H and O–H groups in total. The average Bonchev–Trinajstić information content (AvgIpc) is 2.80. The van der Waals surface area contributed by atoms with Crippen LogP contribution in [0.3, 0.4) is 0 Å². The minimum Gasteiger partial charge on any atom is -0.316 e. The van der Waals surface area contributed by atoms with E-state index in [0.29, 0.717) is 5.41 Å². The maximum Gasteiger partial charge on any atom is 0.00454 e. The molecule has 0 radical (unpaired) electrons. The molecule has 0 fully saturated rings. The molecule has 0 saturated carbocycles. The molecule has 1 unspecified atom stereocenters. The first-order valence-corrected chi connectivity index (χ1v) is 7.81. The van der Waals surface area contributed by atoms with Crippen LogP contribution in [-0.2, 0) is 6.42 Å². The van der Waals surface area contributed by atoms with E-state index >= 15 is 0 Å². The molecule has 0 saturated heterocycles. The van der Waals surface area contributed by atoms with Gasteiger partial charge >= 0.3 is 0 Å². The smallest absolute Gasteiger partial charge is 0.00454 e. The number of hydrogen-bond acceptors (Lipinski definition) is 2. The first-order chi connectivity index (χ1) is 8.20. The Labute approximate surface area is 111 Å². The van der Waals surface area contributed by atoms with Crippen LogP contribution in [0.4, 0.5) is 0 Å². The van der Waals surface area contributed by atoms with Gasteiger partial charge in [-0.25, -0.2) is 0 Å². The van der Waals surface area contributed by atoms with Gasteiger partial charge in [-0.15, -0.1) is 11.3 Å². The van der Waals surface area contributed by atoms with Crippen molar-refractivity contribution in [1.82, 2.24) is 5.32 Å². The average molecular weight is 253 g/mol. The first kappa shape index (κ1) is 14.7. The van der Waals surface area contributed by atoms with Gasteiger partial charge in [0.15, 0.2) is 0 Å². The van der Waals surface area contributed by atoms with Crippen molar-refractivity contribution in [2.75, 3.05) is 13.1 Å². The van der Waals surface area contributed by atoms with Crippen LogP contribution in [0.15, 0.2) is 17.5 Å². The van der Waals surface area contributed by atoms with Crippen LogP contribution < -0.4 is 5.32 Å². The summed E-state index contributed by atoms with van der Waals surface area (Å²) in [7, 11) is 0. The first-order valence-electron chi connectivity index (χ1n) is 6.93. The highest BCUT2D eigenvalue weighted by atomic mass is 32.1. The summed E-state index contributed by atoms with van der Waals surface area (Å²) in [6.07, 6.45) is 6.39. The van der Waals surface area contributed by atoms with Crippen molar-refractivity contribution in [2.24, 2.45) is 5.41 Å². The molecule has 0 bridgehead atoms. The summed E-state index contributed by atoms with van der Waals surface area (Å²) < 4.78 is 0. The normalized spacial score (nSPS) is 14.8. The second-order valence-electron chi connectivity index (χ2n) is 5.32. The summed E-state index contributed by atoms with van der Waals surface area (Å²) in [4.78, 5) is 1.53. The predicted octanol–water partition coefficient (Wildman–Crippen LogP) is 4.49. The van der Waals surface area contributed by atoms with Gasteiger partial charge in [-0.05, 0) is 49.1 Å². The molecule has 2 heteroatoms. The van der Waals surface area contributed by atoms with E-state index in [1.807, 2.05) is 11.3 Å². The molecule has 1 rings (SSSR count). The Morgan fingerprint density at radius 3 is 2.65 bits per heavy atom. The number of nitrogens with one attached hydrogen (secondary N) is 1. The van der Waals surface area contributed by atoms with Gasteiger partial charge in [0.2, 0.25) is 0 Å². The highest BCUT2D eigenvalue weighted by Crippen LogP contribution is 2.29. The lowest BCUT2D eigenvalue weighted by Crippen LogP contribution is -2.32. The number of hydrogen-bond donors (Lipinski definition) is 1. The van der Waals surface area contributed by atoms with Gasteiger partial charge in [0.1, 0.15) is 0 Å². The standard InChI is InChI=1S/C15H27NS/c1-4-9-15(3,13-16-11-5-2)10-8-14-7-6-12-17-14/h6-7,12,16H,4-5,8-11,13H2,1-3H3. The van der Waals surface area contributed by atoms with E-state index in [1.165, 1.54) is 43.5 Å². The quantitative estimate of drug-likeness (QED) is 0.640. The summed E-state index contributed by atoms with van der Waals surface area (Å²) in [6.45, 7) is 9.28. The maximum absolute atomic E-state index is 3.59. The Morgan fingerprint density at radius 2 is 2.06 bits per heavy atom. The molecule has 0 aromatic carbocycles. The minimum atomic E-state index is 0.466. The van der Waals surface area contributed by atoms with Crippen LogP contribution >= 0.6 is 11.3 Å². The topological polar surface area (TPSA) is 12.0 Å². The zero-order valence-electron chi connectivity index (χ0n) is 11.6. The van der Waals surface area contributed by atoms with Crippen LogP contribution in [0.25, 0.3) is 0 Å². The van der Waals surface area contributed by atoms with E-state index in [0.717, 1.165) is 6.54 Å². The van der Waals surface area contributed by atoms with Crippen molar-refractivity contribution in [3.63, 3.8) is 0 Å². The van der Waals surface area contributed by atoms with Gasteiger partial charge in [-0.3, -0.25) is 0 Å². The van der Waals surface area contributed by atoms with Crippen molar-refractivity contribution in [3.8, 4) is 0 Å². The lowest BCUT2D eigenvalue weighted by molar-refractivity contribution is 0.257. The molecule has 98 valence electrons. The molecule has 1 aromatic heterocycles. The maximum atomic E-state index is 3.59. The molecular weight excluding hydrogens is 226 g/mol. The van der Waals surface area contributed by atoms with Crippen LogP contribution in [0, 0.1) is 5.41 Å². The molecule has 1 heterocycles. The Bertz CT molecular complexity index is 281. The lowest BCUT2D eigenvalue weighted by Gasteiger charge is -2.29. The summed E-state index contributed by atoms with van der Waals surface area (Å²) in [5.74, 6) is 0. The number of aryl methyl sites for hydroxylation is 1. The highest BCUT2D eigenvalue weighted by molar-refractivity contribution is 7.09. The van der Waals surface area contributed by atoms with Crippen LogP contribution in [0.5, 0.6) is 0 Å². The molecule has 0 aliphatic heterocycles. The van der Waals surface area contributed by atoms with Crippen LogP contribution in [-0.4, -0.2) is 13.1 Å². The van der Waals surface area contributed by atoms with Crippen molar-refractivity contribution < 1.29 is 0 Å². The summed E-state index contributed by atoms with van der Waals surface area (Å²) in [6, 6.07) is 4.42. The van der Waals surface area contributed by atoms with E-state index in [4.69, 9.17) is 0 Å². The molecule has 0 aliphatic carbocycles. The fourth-order valence-electron chi connectivity index (χ4n) is 2.35. The van der Waals surface area contributed by atoms with Crippen molar-refractivity contribution >= 4 is 11.3 Å². The Balaban J connectivity index is 2.39. The van der Waals surface area contributed by atoms with Gasteiger partial charge in [-0.2, -0.15) is 0 Å². The number of thiophene rings is 1. The minimum absolute atomic E-state index is 0.466. The third-order valence-electron chi connectivity index (χ3n) is 3.39. The largest absolute Gasteiger partial charge is 0.316 e.